The van der Waals surface area contributed by atoms with Crippen molar-refractivity contribution in [2.45, 2.75) is 46.1 Å². The largest absolute Gasteiger partial charge is 0.508 e. The van der Waals surface area contributed by atoms with Gasteiger partial charge in [-0.25, -0.2) is 0 Å². The second-order valence-corrected chi connectivity index (χ2v) is 8.19. The van der Waals surface area contributed by atoms with E-state index in [0.717, 1.165) is 52.9 Å². The number of likely N-dealkylation sites (tertiary alicyclic amines) is 1. The maximum atomic E-state index is 9.90. The minimum absolute atomic E-state index is 0.226. The molecule has 3 rings (SSSR count). The van der Waals surface area contributed by atoms with E-state index in [1.807, 2.05) is 12.3 Å². The van der Waals surface area contributed by atoms with Gasteiger partial charge in [-0.15, -0.1) is 0 Å². The van der Waals surface area contributed by atoms with Gasteiger partial charge in [0, 0.05) is 42.8 Å². The minimum atomic E-state index is 0.226. The van der Waals surface area contributed by atoms with E-state index in [1.165, 1.54) is 32.4 Å². The maximum Gasteiger partial charge on any atom is 0.116 e. The number of fused-ring (bicyclic) bond motifs is 1. The first-order valence-electron chi connectivity index (χ1n) is 10.6. The van der Waals surface area contributed by atoms with Crippen LogP contribution in [0.2, 0.25) is 0 Å². The first-order chi connectivity index (χ1) is 13.4. The highest BCUT2D eigenvalue weighted by Crippen LogP contribution is 2.31. The zero-order valence-corrected chi connectivity index (χ0v) is 17.6. The molecule has 2 aromatic rings. The Morgan fingerprint density at radius 2 is 1.96 bits per heavy atom. The van der Waals surface area contributed by atoms with Crippen LogP contribution in [0.25, 0.3) is 16.6 Å². The average molecular weight is 386 g/mol. The predicted octanol–water partition coefficient (Wildman–Crippen LogP) is 4.79. The summed E-state index contributed by atoms with van der Waals surface area (Å²) in [5.41, 5.74) is 2.44. The van der Waals surface area contributed by atoms with Crippen LogP contribution in [0.5, 0.6) is 5.75 Å². The highest BCUT2D eigenvalue weighted by atomic mass is 16.5. The third-order valence-electron chi connectivity index (χ3n) is 6.46. The van der Waals surface area contributed by atoms with Crippen LogP contribution in [0.4, 0.5) is 0 Å². The van der Waals surface area contributed by atoms with Gasteiger partial charge in [-0.3, -0.25) is 10.3 Å². The Labute approximate surface area is 168 Å². The molecule has 2 heterocycles. The molecule has 2 unspecified atom stereocenters. The molecule has 1 aromatic heterocycles. The van der Waals surface area contributed by atoms with Crippen molar-refractivity contribution in [2.24, 2.45) is 11.8 Å². The molecule has 0 aliphatic carbocycles. The van der Waals surface area contributed by atoms with Crippen molar-refractivity contribution in [3.8, 4) is 5.75 Å². The summed E-state index contributed by atoms with van der Waals surface area (Å²) in [5.74, 6) is 1.96. The number of hydrogen-bond donors (Lipinski definition) is 2. The molecule has 1 fully saturated rings. The van der Waals surface area contributed by atoms with Gasteiger partial charge >= 0.3 is 0 Å². The van der Waals surface area contributed by atoms with E-state index < -0.39 is 0 Å². The Morgan fingerprint density at radius 3 is 2.64 bits per heavy atom. The smallest absolute Gasteiger partial charge is 0.116 e. The molecular formula is C23H35N3O2. The molecule has 28 heavy (non-hydrogen) atoms. The van der Waals surface area contributed by atoms with Crippen LogP contribution in [-0.2, 0) is 6.54 Å². The summed E-state index contributed by atoms with van der Waals surface area (Å²) in [6, 6.07) is 5.41. The van der Waals surface area contributed by atoms with Crippen LogP contribution < -0.4 is 0 Å². The lowest BCUT2D eigenvalue weighted by Crippen LogP contribution is -2.40. The molecule has 0 amide bonds. The van der Waals surface area contributed by atoms with Gasteiger partial charge in [0.2, 0.25) is 0 Å². The molecule has 2 N–H and O–H groups in total. The number of hydroxylamine groups is 2. The zero-order chi connectivity index (χ0) is 20.3. The molecule has 1 aliphatic heterocycles. The number of aromatic hydroxyl groups is 1. The van der Waals surface area contributed by atoms with E-state index in [9.17, 15) is 10.3 Å². The van der Waals surface area contributed by atoms with Crippen LogP contribution >= 0.6 is 0 Å². The van der Waals surface area contributed by atoms with Gasteiger partial charge in [-0.1, -0.05) is 33.3 Å². The van der Waals surface area contributed by atoms with Crippen molar-refractivity contribution >= 4 is 16.6 Å². The summed E-state index contributed by atoms with van der Waals surface area (Å²) in [6.45, 7) is 13.1. The van der Waals surface area contributed by atoms with E-state index in [4.69, 9.17) is 0 Å². The monoisotopic (exact) mass is 385 g/mol. The minimum Gasteiger partial charge on any atom is -0.508 e. The molecule has 154 valence electrons. The fourth-order valence-electron chi connectivity index (χ4n) is 4.70. The number of aryl methyl sites for hydroxylation is 1. The maximum absolute atomic E-state index is 9.90. The number of phenolic OH excluding ortho intramolecular Hbond substituents is 1. The van der Waals surface area contributed by atoms with E-state index in [0.29, 0.717) is 5.70 Å². The summed E-state index contributed by atoms with van der Waals surface area (Å²) in [4.78, 5) is 2.62. The predicted molar refractivity (Wildman–Crippen MR) is 115 cm³/mol. The first kappa shape index (κ1) is 20.7. The van der Waals surface area contributed by atoms with Crippen molar-refractivity contribution < 1.29 is 10.3 Å². The number of nitrogens with zero attached hydrogens (tertiary/aromatic N) is 3. The molecule has 0 saturated carbocycles. The lowest BCUT2D eigenvalue weighted by Gasteiger charge is -2.38. The van der Waals surface area contributed by atoms with Crippen LogP contribution in [0.15, 0.2) is 31.0 Å². The highest BCUT2D eigenvalue weighted by Gasteiger charge is 2.26. The van der Waals surface area contributed by atoms with Crippen molar-refractivity contribution in [1.82, 2.24) is 14.5 Å². The summed E-state index contributed by atoms with van der Waals surface area (Å²) in [7, 11) is 1.57. The zero-order valence-electron chi connectivity index (χ0n) is 17.6. The third-order valence-corrected chi connectivity index (χ3v) is 6.46. The van der Waals surface area contributed by atoms with Gasteiger partial charge in [0.1, 0.15) is 5.75 Å². The van der Waals surface area contributed by atoms with E-state index in [2.05, 4.69) is 29.9 Å². The summed E-state index contributed by atoms with van der Waals surface area (Å²) in [6.07, 6.45) is 7.03. The van der Waals surface area contributed by atoms with E-state index in [-0.39, 0.29) is 5.75 Å². The van der Waals surface area contributed by atoms with Gasteiger partial charge in [0.05, 0.1) is 5.70 Å². The summed E-state index contributed by atoms with van der Waals surface area (Å²) < 4.78 is 2.22. The molecule has 2 atom stereocenters. The van der Waals surface area contributed by atoms with Gasteiger partial charge in [-0.05, 0) is 56.0 Å². The van der Waals surface area contributed by atoms with Crippen molar-refractivity contribution in [1.29, 1.82) is 0 Å². The Kier molecular flexibility index (Phi) is 6.68. The van der Waals surface area contributed by atoms with Gasteiger partial charge in [-0.2, -0.15) is 0 Å². The van der Waals surface area contributed by atoms with Gasteiger partial charge in [0.15, 0.2) is 0 Å². The lowest BCUT2D eigenvalue weighted by atomic mass is 9.82. The molecule has 5 nitrogen and oxygen atoms in total. The van der Waals surface area contributed by atoms with Gasteiger partial charge in [0.25, 0.3) is 0 Å². The molecule has 0 spiro atoms. The molecule has 0 radical (unpaired) electrons. The van der Waals surface area contributed by atoms with Gasteiger partial charge < -0.3 is 14.6 Å². The fourth-order valence-corrected chi connectivity index (χ4v) is 4.70. The average Bonchev–Trinajstić information content (AvgIpc) is 3.04. The Morgan fingerprint density at radius 1 is 1.21 bits per heavy atom. The molecular weight excluding hydrogens is 350 g/mol. The lowest BCUT2D eigenvalue weighted by molar-refractivity contribution is 0.00119. The first-order valence-corrected chi connectivity index (χ1v) is 10.6. The fraction of sp³-hybridized carbons (Fsp3) is 0.565. The van der Waals surface area contributed by atoms with E-state index >= 15 is 0 Å². The van der Waals surface area contributed by atoms with Crippen LogP contribution in [0, 0.1) is 11.8 Å². The Balaban J connectivity index is 1.69. The van der Waals surface area contributed by atoms with Crippen LogP contribution in [-0.4, -0.2) is 51.5 Å². The Bertz CT molecular complexity index is 812. The van der Waals surface area contributed by atoms with Crippen molar-refractivity contribution in [2.75, 3.05) is 26.7 Å². The summed E-state index contributed by atoms with van der Waals surface area (Å²) >= 11 is 0. The Hall–Kier alpha value is -1.98. The third kappa shape index (κ3) is 4.36. The molecule has 1 aromatic carbocycles. The van der Waals surface area contributed by atoms with Crippen LogP contribution in [0.3, 0.4) is 0 Å². The second kappa shape index (κ2) is 9.01. The quantitative estimate of drug-likeness (QED) is 0.642. The molecule has 0 bridgehead atoms. The number of hydrogen-bond acceptors (Lipinski definition) is 4. The number of phenols is 1. The number of aromatic nitrogens is 1. The molecule has 1 saturated heterocycles. The normalized spacial score (nSPS) is 20.6. The SMILES string of the molecule is C=C(c1cn(CCCN2CCC(CC)C(CC)C2)c2ccc(O)cc12)N(C)O. The molecule has 5 heteroatoms. The highest BCUT2D eigenvalue weighted by molar-refractivity contribution is 5.93. The standard InChI is InChI=1S/C23H35N3O2/c1-5-18-10-13-25(15-19(18)6-2)11-7-12-26-16-22(17(3)24(4)28)21-14-20(27)8-9-23(21)26/h8-9,14,16,18-19,27-28H,3,5-7,10-13,15H2,1-2,4H3. The second-order valence-electron chi connectivity index (χ2n) is 8.19. The van der Waals surface area contributed by atoms with Crippen molar-refractivity contribution in [3.63, 3.8) is 0 Å². The number of piperidine rings is 1. The number of benzene rings is 1. The summed E-state index contributed by atoms with van der Waals surface area (Å²) in [5, 5.41) is 21.7. The van der Waals surface area contributed by atoms with Crippen molar-refractivity contribution in [3.05, 3.63) is 36.5 Å². The topological polar surface area (TPSA) is 51.9 Å². The van der Waals surface area contributed by atoms with Crippen LogP contribution in [0.1, 0.15) is 45.1 Å². The van der Waals surface area contributed by atoms with E-state index in [1.54, 1.807) is 19.2 Å². The molecule has 1 aliphatic rings. The number of rotatable bonds is 8.